The Morgan fingerprint density at radius 3 is 2.79 bits per heavy atom. The van der Waals surface area contributed by atoms with E-state index in [9.17, 15) is 10.2 Å². The van der Waals surface area contributed by atoms with Gasteiger partial charge >= 0.3 is 0 Å². The molecule has 4 nitrogen and oxygen atoms in total. The Kier molecular flexibility index (Phi) is 5.19. The van der Waals surface area contributed by atoms with Crippen molar-refractivity contribution < 1.29 is 14.9 Å². The Hall–Kier alpha value is -1.10. The van der Waals surface area contributed by atoms with Crippen LogP contribution < -0.4 is 0 Å². The normalized spacial score (nSPS) is 22.3. The molecule has 0 amide bonds. The first-order chi connectivity index (χ1) is 9.19. The van der Waals surface area contributed by atoms with Gasteiger partial charge in [-0.15, -0.1) is 0 Å². The lowest BCUT2D eigenvalue weighted by Crippen LogP contribution is -2.48. The molecule has 1 aromatic rings. The number of rotatable bonds is 5. The molecule has 0 bridgehead atoms. The van der Waals surface area contributed by atoms with Gasteiger partial charge in [0.2, 0.25) is 0 Å². The van der Waals surface area contributed by atoms with Crippen LogP contribution in [0, 0.1) is 0 Å². The Bertz CT molecular complexity index is 377. The van der Waals surface area contributed by atoms with Crippen LogP contribution in [-0.2, 0) is 11.2 Å². The van der Waals surface area contributed by atoms with E-state index in [2.05, 4.69) is 11.8 Å². The molecule has 1 aliphatic rings. The maximum atomic E-state index is 10.3. The number of nitrogens with zero attached hydrogens (tertiary/aromatic N) is 1. The molecule has 2 atom stereocenters. The van der Waals surface area contributed by atoms with Crippen LogP contribution in [0.3, 0.4) is 0 Å². The van der Waals surface area contributed by atoms with Gasteiger partial charge in [0.15, 0.2) is 0 Å². The Morgan fingerprint density at radius 2 is 2.11 bits per heavy atom. The number of morpholine rings is 1. The molecule has 19 heavy (non-hydrogen) atoms. The summed E-state index contributed by atoms with van der Waals surface area (Å²) in [6, 6.07) is 6.97. The molecule has 1 saturated heterocycles. The fraction of sp³-hybridized carbons (Fsp3) is 0.600. The van der Waals surface area contributed by atoms with Crippen molar-refractivity contribution in [2.75, 3.05) is 26.2 Å². The molecule has 2 unspecified atom stereocenters. The van der Waals surface area contributed by atoms with Gasteiger partial charge in [0.05, 0.1) is 18.8 Å². The quantitative estimate of drug-likeness (QED) is 0.845. The van der Waals surface area contributed by atoms with E-state index in [1.165, 1.54) is 0 Å². The molecule has 0 radical (unpaired) electrons. The fourth-order valence-corrected chi connectivity index (χ4v) is 2.49. The van der Waals surface area contributed by atoms with Crippen molar-refractivity contribution in [3.05, 3.63) is 29.8 Å². The lowest BCUT2D eigenvalue weighted by molar-refractivity contribution is -0.0877. The first-order valence-electron chi connectivity index (χ1n) is 6.99. The number of aliphatic hydroxyl groups excluding tert-OH is 1. The van der Waals surface area contributed by atoms with E-state index in [-0.39, 0.29) is 11.9 Å². The number of aromatic hydroxyl groups is 1. The van der Waals surface area contributed by atoms with Gasteiger partial charge in [-0.3, -0.25) is 4.90 Å². The van der Waals surface area contributed by atoms with E-state index in [1.807, 2.05) is 12.1 Å². The predicted molar refractivity (Wildman–Crippen MR) is 74.3 cm³/mol. The average Bonchev–Trinajstić information content (AvgIpc) is 2.42. The molecular formula is C15H23NO3. The molecule has 0 saturated carbocycles. The third kappa shape index (κ3) is 4.20. The number of hydrogen-bond donors (Lipinski definition) is 2. The average molecular weight is 265 g/mol. The summed E-state index contributed by atoms with van der Waals surface area (Å²) in [6.45, 7) is 5.67. The van der Waals surface area contributed by atoms with Gasteiger partial charge in [-0.1, -0.05) is 19.1 Å². The Balaban J connectivity index is 1.88. The lowest BCUT2D eigenvalue weighted by Gasteiger charge is -2.35. The summed E-state index contributed by atoms with van der Waals surface area (Å²) in [5, 5.41) is 19.5. The van der Waals surface area contributed by atoms with Crippen LogP contribution in [0.1, 0.15) is 18.9 Å². The van der Waals surface area contributed by atoms with E-state index >= 15 is 0 Å². The van der Waals surface area contributed by atoms with Crippen LogP contribution in [0.15, 0.2) is 24.3 Å². The molecule has 4 heteroatoms. The highest BCUT2D eigenvalue weighted by atomic mass is 16.5. The van der Waals surface area contributed by atoms with Crippen LogP contribution in [0.25, 0.3) is 0 Å². The topological polar surface area (TPSA) is 52.9 Å². The third-order valence-corrected chi connectivity index (χ3v) is 3.53. The van der Waals surface area contributed by atoms with Crippen molar-refractivity contribution in [1.82, 2.24) is 4.90 Å². The molecule has 2 rings (SSSR count). The first-order valence-corrected chi connectivity index (χ1v) is 6.99. The maximum Gasteiger partial charge on any atom is 0.115 e. The van der Waals surface area contributed by atoms with Crippen molar-refractivity contribution in [3.8, 4) is 5.75 Å². The molecular weight excluding hydrogens is 242 g/mol. The summed E-state index contributed by atoms with van der Waals surface area (Å²) in [7, 11) is 0. The van der Waals surface area contributed by atoms with Gasteiger partial charge in [0.1, 0.15) is 5.75 Å². The van der Waals surface area contributed by atoms with Crippen molar-refractivity contribution in [3.63, 3.8) is 0 Å². The highest BCUT2D eigenvalue weighted by Crippen LogP contribution is 2.16. The predicted octanol–water partition coefficient (Wildman–Crippen LogP) is 1.41. The SMILES string of the molecule is CCCN1CCOC(C(O)Cc2ccc(O)cc2)C1. The summed E-state index contributed by atoms with van der Waals surface area (Å²) in [6.07, 6.45) is 1.07. The summed E-state index contributed by atoms with van der Waals surface area (Å²) in [4.78, 5) is 2.34. The Morgan fingerprint density at radius 1 is 1.37 bits per heavy atom. The maximum absolute atomic E-state index is 10.3. The highest BCUT2D eigenvalue weighted by molar-refractivity contribution is 5.26. The van der Waals surface area contributed by atoms with Crippen LogP contribution in [-0.4, -0.2) is 53.6 Å². The second-order valence-corrected chi connectivity index (χ2v) is 5.15. The second-order valence-electron chi connectivity index (χ2n) is 5.15. The van der Waals surface area contributed by atoms with E-state index in [1.54, 1.807) is 12.1 Å². The van der Waals surface area contributed by atoms with Crippen LogP contribution >= 0.6 is 0 Å². The number of phenolic OH excluding ortho intramolecular Hbond substituents is 1. The van der Waals surface area contributed by atoms with Crippen molar-refractivity contribution in [1.29, 1.82) is 0 Å². The van der Waals surface area contributed by atoms with Crippen molar-refractivity contribution >= 4 is 0 Å². The summed E-state index contributed by atoms with van der Waals surface area (Å²) in [5.74, 6) is 0.251. The van der Waals surface area contributed by atoms with Gasteiger partial charge in [-0.05, 0) is 30.7 Å². The molecule has 1 fully saturated rings. The summed E-state index contributed by atoms with van der Waals surface area (Å²) < 4.78 is 5.67. The lowest BCUT2D eigenvalue weighted by atomic mass is 10.0. The van der Waals surface area contributed by atoms with E-state index in [0.29, 0.717) is 13.0 Å². The van der Waals surface area contributed by atoms with Gasteiger partial charge in [0, 0.05) is 19.5 Å². The second kappa shape index (κ2) is 6.89. The van der Waals surface area contributed by atoms with Crippen LogP contribution in [0.4, 0.5) is 0 Å². The van der Waals surface area contributed by atoms with Crippen LogP contribution in [0.2, 0.25) is 0 Å². The highest BCUT2D eigenvalue weighted by Gasteiger charge is 2.26. The number of benzene rings is 1. The minimum Gasteiger partial charge on any atom is -0.508 e. The van der Waals surface area contributed by atoms with E-state index in [4.69, 9.17) is 4.74 Å². The summed E-state index contributed by atoms with van der Waals surface area (Å²) in [5.41, 5.74) is 1.02. The molecule has 0 aromatic heterocycles. The fourth-order valence-electron chi connectivity index (χ4n) is 2.49. The van der Waals surface area contributed by atoms with E-state index < -0.39 is 6.10 Å². The van der Waals surface area contributed by atoms with Crippen LogP contribution in [0.5, 0.6) is 5.75 Å². The molecule has 106 valence electrons. The van der Waals surface area contributed by atoms with E-state index in [0.717, 1.165) is 31.6 Å². The van der Waals surface area contributed by atoms with Crippen molar-refractivity contribution in [2.24, 2.45) is 0 Å². The van der Waals surface area contributed by atoms with Gasteiger partial charge in [-0.2, -0.15) is 0 Å². The molecule has 0 spiro atoms. The zero-order valence-corrected chi connectivity index (χ0v) is 11.5. The minimum absolute atomic E-state index is 0.117. The molecule has 2 N–H and O–H groups in total. The number of aliphatic hydroxyl groups is 1. The molecule has 0 aliphatic carbocycles. The van der Waals surface area contributed by atoms with Crippen molar-refractivity contribution in [2.45, 2.75) is 32.0 Å². The van der Waals surface area contributed by atoms with Gasteiger partial charge < -0.3 is 14.9 Å². The largest absolute Gasteiger partial charge is 0.508 e. The van der Waals surface area contributed by atoms with Gasteiger partial charge in [-0.25, -0.2) is 0 Å². The number of hydrogen-bond acceptors (Lipinski definition) is 4. The first kappa shape index (κ1) is 14.3. The molecule has 1 aromatic carbocycles. The smallest absolute Gasteiger partial charge is 0.115 e. The zero-order valence-electron chi connectivity index (χ0n) is 11.5. The summed E-state index contributed by atoms with van der Waals surface area (Å²) >= 11 is 0. The molecule has 1 aliphatic heterocycles. The zero-order chi connectivity index (χ0) is 13.7. The minimum atomic E-state index is -0.496. The number of ether oxygens (including phenoxy) is 1. The number of phenols is 1. The molecule has 1 heterocycles. The Labute approximate surface area is 114 Å². The standard InChI is InChI=1S/C15H23NO3/c1-2-7-16-8-9-19-15(11-16)14(18)10-12-3-5-13(17)6-4-12/h3-6,14-15,17-18H,2,7-11H2,1H3. The van der Waals surface area contributed by atoms with Gasteiger partial charge in [0.25, 0.3) is 0 Å². The third-order valence-electron chi connectivity index (χ3n) is 3.53. The monoisotopic (exact) mass is 265 g/mol.